The van der Waals surface area contributed by atoms with E-state index in [-0.39, 0.29) is 18.7 Å². The Hall–Kier alpha value is -0.330. The van der Waals surface area contributed by atoms with Crippen LogP contribution >= 0.6 is 0 Å². The van der Waals surface area contributed by atoms with Gasteiger partial charge < -0.3 is 10.8 Å². The lowest BCUT2D eigenvalue weighted by atomic mass is 9.79. The molecule has 108 valence electrons. The van der Waals surface area contributed by atoms with Gasteiger partial charge in [0.1, 0.15) is 0 Å². The van der Waals surface area contributed by atoms with Crippen molar-refractivity contribution in [2.75, 3.05) is 13.2 Å². The number of hydrogen-bond acceptors (Lipinski definition) is 3. The minimum atomic E-state index is -4.20. The maximum atomic E-state index is 12.6. The van der Waals surface area contributed by atoms with E-state index in [4.69, 9.17) is 5.73 Å². The molecule has 0 radical (unpaired) electrons. The Bertz CT molecular complexity index is 271. The minimum absolute atomic E-state index is 0.165. The Labute approximate surface area is 106 Å². The third-order valence-electron chi connectivity index (χ3n) is 3.66. The van der Waals surface area contributed by atoms with Crippen LogP contribution in [0.3, 0.4) is 0 Å². The van der Waals surface area contributed by atoms with Gasteiger partial charge in [-0.15, -0.1) is 0 Å². The summed E-state index contributed by atoms with van der Waals surface area (Å²) in [6.45, 7) is 2.45. The zero-order valence-electron chi connectivity index (χ0n) is 11.0. The lowest BCUT2D eigenvalue weighted by Gasteiger charge is -2.43. The van der Waals surface area contributed by atoms with Gasteiger partial charge in [-0.1, -0.05) is 0 Å². The first-order chi connectivity index (χ1) is 8.17. The summed E-state index contributed by atoms with van der Waals surface area (Å²) in [5.41, 5.74) is 5.27. The molecule has 1 fully saturated rings. The van der Waals surface area contributed by atoms with E-state index in [1.807, 2.05) is 0 Å². The van der Waals surface area contributed by atoms with Crippen LogP contribution in [0.15, 0.2) is 0 Å². The molecule has 1 aliphatic rings. The van der Waals surface area contributed by atoms with Crippen molar-refractivity contribution in [1.29, 1.82) is 0 Å². The van der Waals surface area contributed by atoms with Crippen molar-refractivity contribution in [3.63, 3.8) is 0 Å². The fraction of sp³-hybridized carbons (Fsp3) is 1.00. The first-order valence-electron chi connectivity index (χ1n) is 6.39. The van der Waals surface area contributed by atoms with Gasteiger partial charge in [0.2, 0.25) is 0 Å². The zero-order valence-corrected chi connectivity index (χ0v) is 11.0. The molecule has 2 atom stereocenters. The fourth-order valence-corrected chi connectivity index (χ4v) is 2.73. The predicted octanol–water partition coefficient (Wildman–Crippen LogP) is 1.89. The van der Waals surface area contributed by atoms with Gasteiger partial charge in [-0.25, -0.2) is 0 Å². The van der Waals surface area contributed by atoms with E-state index in [2.05, 4.69) is 0 Å². The fourth-order valence-electron chi connectivity index (χ4n) is 2.73. The summed E-state index contributed by atoms with van der Waals surface area (Å²) in [4.78, 5) is 1.45. The van der Waals surface area contributed by atoms with Crippen molar-refractivity contribution in [1.82, 2.24) is 4.90 Å². The monoisotopic (exact) mass is 268 g/mol. The van der Waals surface area contributed by atoms with Crippen molar-refractivity contribution < 1.29 is 18.3 Å². The zero-order chi connectivity index (χ0) is 14.0. The molecule has 0 heterocycles. The van der Waals surface area contributed by atoms with E-state index in [1.54, 1.807) is 13.8 Å². The van der Waals surface area contributed by atoms with Crippen LogP contribution in [0.25, 0.3) is 0 Å². The van der Waals surface area contributed by atoms with Crippen molar-refractivity contribution >= 4 is 0 Å². The first kappa shape index (κ1) is 15.7. The largest absolute Gasteiger partial charge is 0.401 e. The van der Waals surface area contributed by atoms with Crippen LogP contribution in [0, 0.1) is 0 Å². The molecule has 0 aromatic heterocycles. The summed E-state index contributed by atoms with van der Waals surface area (Å²) in [5.74, 6) is 0. The third-order valence-corrected chi connectivity index (χ3v) is 3.66. The Morgan fingerprint density at radius 2 is 2.06 bits per heavy atom. The van der Waals surface area contributed by atoms with E-state index < -0.39 is 18.3 Å². The van der Waals surface area contributed by atoms with Gasteiger partial charge in [0.25, 0.3) is 0 Å². The van der Waals surface area contributed by atoms with Gasteiger partial charge in [0.05, 0.1) is 13.2 Å². The topological polar surface area (TPSA) is 49.5 Å². The number of aliphatic hydroxyl groups is 1. The summed E-state index contributed by atoms with van der Waals surface area (Å²) in [5, 5.41) is 9.26. The maximum absolute atomic E-state index is 12.6. The van der Waals surface area contributed by atoms with Gasteiger partial charge in [0.15, 0.2) is 0 Å². The summed E-state index contributed by atoms with van der Waals surface area (Å²) >= 11 is 0. The molecular formula is C12H23F3N2O. The smallest absolute Gasteiger partial charge is 0.394 e. The standard InChI is InChI=1S/C12H23F3N2O/c1-9(2)17(7-12(13,14)15)10-4-3-5-11(16,6-10)8-18/h9-10,18H,3-8,16H2,1-2H3. The molecular weight excluding hydrogens is 245 g/mol. The number of nitrogens with zero attached hydrogens (tertiary/aromatic N) is 1. The number of alkyl halides is 3. The highest BCUT2D eigenvalue weighted by Crippen LogP contribution is 2.32. The van der Waals surface area contributed by atoms with Crippen LogP contribution < -0.4 is 5.73 Å². The maximum Gasteiger partial charge on any atom is 0.401 e. The number of nitrogens with two attached hydrogens (primary N) is 1. The number of aliphatic hydroxyl groups excluding tert-OH is 1. The summed E-state index contributed by atoms with van der Waals surface area (Å²) in [7, 11) is 0. The predicted molar refractivity (Wildman–Crippen MR) is 64.2 cm³/mol. The summed E-state index contributed by atoms with van der Waals surface area (Å²) < 4.78 is 37.7. The molecule has 3 N–H and O–H groups in total. The van der Waals surface area contributed by atoms with Gasteiger partial charge in [-0.05, 0) is 39.5 Å². The summed E-state index contributed by atoms with van der Waals surface area (Å²) in [6, 6.07) is -0.379. The van der Waals surface area contributed by atoms with Crippen LogP contribution in [0.5, 0.6) is 0 Å². The Kier molecular flexibility index (Phi) is 5.03. The van der Waals surface area contributed by atoms with Crippen molar-refractivity contribution in [2.45, 2.75) is 63.3 Å². The molecule has 1 rings (SSSR count). The van der Waals surface area contributed by atoms with E-state index in [0.29, 0.717) is 19.3 Å². The van der Waals surface area contributed by atoms with Crippen molar-refractivity contribution in [3.05, 3.63) is 0 Å². The van der Waals surface area contributed by atoms with Gasteiger partial charge in [-0.2, -0.15) is 13.2 Å². The minimum Gasteiger partial charge on any atom is -0.394 e. The highest BCUT2D eigenvalue weighted by atomic mass is 19.4. The second-order valence-corrected chi connectivity index (χ2v) is 5.65. The van der Waals surface area contributed by atoms with Crippen molar-refractivity contribution in [2.24, 2.45) is 5.73 Å². The number of rotatable bonds is 4. The molecule has 0 aliphatic heterocycles. The molecule has 0 aromatic carbocycles. The Balaban J connectivity index is 2.74. The van der Waals surface area contributed by atoms with Crippen LogP contribution in [0.2, 0.25) is 0 Å². The van der Waals surface area contributed by atoms with Gasteiger partial charge >= 0.3 is 6.18 Å². The highest BCUT2D eigenvalue weighted by Gasteiger charge is 2.40. The average molecular weight is 268 g/mol. The number of hydrogen-bond donors (Lipinski definition) is 2. The third kappa shape index (κ3) is 4.40. The molecule has 1 aliphatic carbocycles. The molecule has 2 unspecified atom stereocenters. The second-order valence-electron chi connectivity index (χ2n) is 5.65. The average Bonchev–Trinajstić information content (AvgIpc) is 2.24. The van der Waals surface area contributed by atoms with Crippen LogP contribution in [-0.2, 0) is 0 Å². The molecule has 0 saturated heterocycles. The first-order valence-corrected chi connectivity index (χ1v) is 6.39. The lowest BCUT2D eigenvalue weighted by molar-refractivity contribution is -0.158. The lowest BCUT2D eigenvalue weighted by Crippen LogP contribution is -2.55. The van der Waals surface area contributed by atoms with Gasteiger partial charge in [0, 0.05) is 17.6 Å². The second kappa shape index (κ2) is 5.75. The van der Waals surface area contributed by atoms with Crippen LogP contribution in [0.4, 0.5) is 13.2 Å². The van der Waals surface area contributed by atoms with E-state index in [1.165, 1.54) is 4.90 Å². The molecule has 0 spiro atoms. The molecule has 0 amide bonds. The molecule has 3 nitrogen and oxygen atoms in total. The van der Waals surface area contributed by atoms with E-state index in [0.717, 1.165) is 6.42 Å². The summed E-state index contributed by atoms with van der Waals surface area (Å²) in [6.07, 6.45) is -1.61. The molecule has 6 heteroatoms. The Morgan fingerprint density at radius 3 is 2.50 bits per heavy atom. The highest BCUT2D eigenvalue weighted by molar-refractivity contribution is 4.94. The Morgan fingerprint density at radius 1 is 1.44 bits per heavy atom. The van der Waals surface area contributed by atoms with Crippen LogP contribution in [-0.4, -0.2) is 47.0 Å². The molecule has 0 aromatic rings. The van der Waals surface area contributed by atoms with E-state index in [9.17, 15) is 18.3 Å². The molecule has 1 saturated carbocycles. The van der Waals surface area contributed by atoms with Crippen molar-refractivity contribution in [3.8, 4) is 0 Å². The van der Waals surface area contributed by atoms with Gasteiger partial charge in [-0.3, -0.25) is 4.90 Å². The molecule has 18 heavy (non-hydrogen) atoms. The SMILES string of the molecule is CC(C)N(CC(F)(F)F)C1CCCC(N)(CO)C1. The quantitative estimate of drug-likeness (QED) is 0.818. The van der Waals surface area contributed by atoms with E-state index >= 15 is 0 Å². The van der Waals surface area contributed by atoms with Crippen LogP contribution in [0.1, 0.15) is 39.5 Å². The molecule has 0 bridgehead atoms. The normalized spacial score (nSPS) is 30.2. The number of halogens is 3.